The Bertz CT molecular complexity index is 183. The van der Waals surface area contributed by atoms with Crippen LogP contribution in [0, 0.1) is 0 Å². The van der Waals surface area contributed by atoms with Crippen LogP contribution >= 0.6 is 7.82 Å². The summed E-state index contributed by atoms with van der Waals surface area (Å²) in [7, 11) is -4.11. The molecule has 7 heteroatoms. The molecule has 0 aromatic rings. The first-order valence-electron chi connectivity index (χ1n) is 4.46. The minimum absolute atomic E-state index is 0.128. The standard InChI is InChI=1S/C7H17O6P/c1-2-3-4-5-12-14(10,11)13-6-7(8)9/h7-9H,2-6H2,1H3,(H,10,11). The average Bonchev–Trinajstić information content (AvgIpc) is 2.10. The number of rotatable bonds is 8. The first-order valence-corrected chi connectivity index (χ1v) is 5.95. The van der Waals surface area contributed by atoms with Crippen LogP contribution in [0.25, 0.3) is 0 Å². The average molecular weight is 228 g/mol. The van der Waals surface area contributed by atoms with Gasteiger partial charge in [-0.1, -0.05) is 19.8 Å². The summed E-state index contributed by atoms with van der Waals surface area (Å²) in [4.78, 5) is 8.95. The van der Waals surface area contributed by atoms with E-state index in [9.17, 15) is 4.57 Å². The van der Waals surface area contributed by atoms with Gasteiger partial charge in [-0.25, -0.2) is 4.57 Å². The fourth-order valence-corrected chi connectivity index (χ4v) is 1.49. The molecule has 0 aromatic carbocycles. The summed E-state index contributed by atoms with van der Waals surface area (Å²) in [6.45, 7) is 1.49. The van der Waals surface area contributed by atoms with Gasteiger partial charge in [0.15, 0.2) is 6.29 Å². The van der Waals surface area contributed by atoms with Gasteiger partial charge in [-0.3, -0.25) is 9.05 Å². The van der Waals surface area contributed by atoms with E-state index < -0.39 is 20.7 Å². The lowest BCUT2D eigenvalue weighted by atomic mass is 10.3. The van der Waals surface area contributed by atoms with E-state index in [1.807, 2.05) is 6.92 Å². The van der Waals surface area contributed by atoms with E-state index in [0.717, 1.165) is 12.8 Å². The maximum atomic E-state index is 11.0. The first kappa shape index (κ1) is 14.0. The van der Waals surface area contributed by atoms with Crippen molar-refractivity contribution in [3.63, 3.8) is 0 Å². The van der Waals surface area contributed by atoms with Crippen molar-refractivity contribution in [3.8, 4) is 0 Å². The van der Waals surface area contributed by atoms with Gasteiger partial charge >= 0.3 is 7.82 Å². The van der Waals surface area contributed by atoms with Gasteiger partial charge in [-0.2, -0.15) is 0 Å². The second-order valence-electron chi connectivity index (χ2n) is 2.79. The number of hydrogen-bond donors (Lipinski definition) is 3. The minimum Gasteiger partial charge on any atom is -0.366 e. The van der Waals surface area contributed by atoms with E-state index in [2.05, 4.69) is 9.05 Å². The summed E-state index contributed by atoms with van der Waals surface area (Å²) in [5, 5.41) is 16.7. The molecule has 0 fully saturated rings. The van der Waals surface area contributed by atoms with E-state index in [4.69, 9.17) is 15.1 Å². The van der Waals surface area contributed by atoms with Crippen LogP contribution in [-0.4, -0.2) is 34.6 Å². The van der Waals surface area contributed by atoms with Crippen molar-refractivity contribution in [1.29, 1.82) is 0 Å². The molecule has 0 bridgehead atoms. The third-order valence-corrected chi connectivity index (χ3v) is 2.37. The number of hydrogen-bond acceptors (Lipinski definition) is 5. The van der Waals surface area contributed by atoms with Gasteiger partial charge in [-0.05, 0) is 6.42 Å². The van der Waals surface area contributed by atoms with Crippen LogP contribution in [-0.2, 0) is 13.6 Å². The molecule has 1 unspecified atom stereocenters. The van der Waals surface area contributed by atoms with Gasteiger partial charge in [0, 0.05) is 0 Å². The topological polar surface area (TPSA) is 96.2 Å². The molecule has 14 heavy (non-hydrogen) atoms. The maximum absolute atomic E-state index is 11.0. The van der Waals surface area contributed by atoms with Crippen molar-refractivity contribution in [2.45, 2.75) is 32.5 Å². The summed E-state index contributed by atoms with van der Waals surface area (Å²) < 4.78 is 19.8. The van der Waals surface area contributed by atoms with Crippen LogP contribution in [0.1, 0.15) is 26.2 Å². The van der Waals surface area contributed by atoms with E-state index in [1.54, 1.807) is 0 Å². The molecule has 86 valence electrons. The summed E-state index contributed by atoms with van der Waals surface area (Å²) in [6, 6.07) is 0. The molecule has 0 radical (unpaired) electrons. The van der Waals surface area contributed by atoms with Crippen molar-refractivity contribution in [3.05, 3.63) is 0 Å². The Morgan fingerprint density at radius 3 is 2.43 bits per heavy atom. The Kier molecular flexibility index (Phi) is 7.35. The van der Waals surface area contributed by atoms with Crippen LogP contribution in [0.5, 0.6) is 0 Å². The summed E-state index contributed by atoms with van der Waals surface area (Å²) in [6.07, 6.45) is 0.791. The predicted octanol–water partition coefficient (Wildman–Crippen LogP) is 0.621. The van der Waals surface area contributed by atoms with Gasteiger partial charge < -0.3 is 15.1 Å². The first-order chi connectivity index (χ1) is 6.48. The van der Waals surface area contributed by atoms with Crippen molar-refractivity contribution >= 4 is 7.82 Å². The van der Waals surface area contributed by atoms with Crippen LogP contribution in [0.3, 0.4) is 0 Å². The Labute approximate surface area is 83.1 Å². The van der Waals surface area contributed by atoms with Crippen molar-refractivity contribution in [2.24, 2.45) is 0 Å². The Hall–Kier alpha value is 0.0300. The lowest BCUT2D eigenvalue weighted by molar-refractivity contribution is -0.0745. The van der Waals surface area contributed by atoms with Gasteiger partial charge in [0.1, 0.15) is 6.61 Å². The number of unbranched alkanes of at least 4 members (excludes halogenated alkanes) is 2. The number of phosphoric ester groups is 1. The van der Waals surface area contributed by atoms with E-state index in [-0.39, 0.29) is 6.61 Å². The Balaban J connectivity index is 3.56. The van der Waals surface area contributed by atoms with Gasteiger partial charge in [-0.15, -0.1) is 0 Å². The van der Waals surface area contributed by atoms with Crippen LogP contribution in [0.2, 0.25) is 0 Å². The number of aliphatic hydroxyl groups is 2. The molecule has 1 atom stereocenters. The highest BCUT2D eigenvalue weighted by atomic mass is 31.2. The molecule has 0 amide bonds. The lowest BCUT2D eigenvalue weighted by Gasteiger charge is -2.12. The molecule has 0 rings (SSSR count). The highest BCUT2D eigenvalue weighted by Gasteiger charge is 2.21. The Morgan fingerprint density at radius 2 is 1.93 bits per heavy atom. The number of phosphoric acid groups is 1. The normalized spacial score (nSPS) is 15.8. The molecule has 0 saturated heterocycles. The second-order valence-corrected chi connectivity index (χ2v) is 4.24. The lowest BCUT2D eigenvalue weighted by Crippen LogP contribution is -2.13. The summed E-state index contributed by atoms with van der Waals surface area (Å²) in [5.74, 6) is 0. The molecule has 0 spiro atoms. The van der Waals surface area contributed by atoms with Crippen LogP contribution < -0.4 is 0 Å². The predicted molar refractivity (Wildman–Crippen MR) is 49.5 cm³/mol. The van der Waals surface area contributed by atoms with Crippen LogP contribution in [0.4, 0.5) is 0 Å². The van der Waals surface area contributed by atoms with Crippen LogP contribution in [0.15, 0.2) is 0 Å². The fourth-order valence-electron chi connectivity index (χ4n) is 0.730. The molecular weight excluding hydrogens is 211 g/mol. The zero-order valence-electron chi connectivity index (χ0n) is 8.13. The highest BCUT2D eigenvalue weighted by Crippen LogP contribution is 2.43. The molecule has 0 aromatic heterocycles. The monoisotopic (exact) mass is 228 g/mol. The second kappa shape index (κ2) is 7.34. The zero-order chi connectivity index (χ0) is 11.0. The molecule has 3 N–H and O–H groups in total. The van der Waals surface area contributed by atoms with Crippen molar-refractivity contribution in [2.75, 3.05) is 13.2 Å². The zero-order valence-corrected chi connectivity index (χ0v) is 9.02. The third-order valence-electron chi connectivity index (χ3n) is 1.39. The quantitative estimate of drug-likeness (QED) is 0.320. The molecular formula is C7H17O6P. The van der Waals surface area contributed by atoms with E-state index in [1.165, 1.54) is 0 Å². The largest absolute Gasteiger partial charge is 0.472 e. The molecule has 0 aliphatic carbocycles. The molecule has 0 heterocycles. The van der Waals surface area contributed by atoms with E-state index >= 15 is 0 Å². The van der Waals surface area contributed by atoms with Crippen molar-refractivity contribution in [1.82, 2.24) is 0 Å². The smallest absolute Gasteiger partial charge is 0.366 e. The van der Waals surface area contributed by atoms with Gasteiger partial charge in [0.25, 0.3) is 0 Å². The fraction of sp³-hybridized carbons (Fsp3) is 1.00. The molecule has 0 aliphatic heterocycles. The third kappa shape index (κ3) is 8.62. The van der Waals surface area contributed by atoms with Gasteiger partial charge in [0.2, 0.25) is 0 Å². The minimum atomic E-state index is -4.11. The number of aliphatic hydroxyl groups excluding tert-OH is 1. The SMILES string of the molecule is CCCCCOP(=O)(O)OCC(O)O. The summed E-state index contributed by atoms with van der Waals surface area (Å²) in [5.41, 5.74) is 0. The maximum Gasteiger partial charge on any atom is 0.472 e. The Morgan fingerprint density at radius 1 is 1.29 bits per heavy atom. The molecule has 6 nitrogen and oxygen atoms in total. The van der Waals surface area contributed by atoms with E-state index in [0.29, 0.717) is 6.42 Å². The highest BCUT2D eigenvalue weighted by molar-refractivity contribution is 7.47. The molecule has 0 saturated carbocycles. The van der Waals surface area contributed by atoms with Gasteiger partial charge in [0.05, 0.1) is 6.61 Å². The van der Waals surface area contributed by atoms with Crippen molar-refractivity contribution < 1.29 is 28.7 Å². The summed E-state index contributed by atoms with van der Waals surface area (Å²) >= 11 is 0. The molecule has 0 aliphatic rings.